The summed E-state index contributed by atoms with van der Waals surface area (Å²) in [5.74, 6) is -0.206. The number of aryl methyl sites for hydroxylation is 1. The summed E-state index contributed by atoms with van der Waals surface area (Å²) in [7, 11) is 0. The average molecular weight is 405 g/mol. The third-order valence-corrected chi connectivity index (χ3v) is 5.79. The Morgan fingerprint density at radius 2 is 2.04 bits per heavy atom. The highest BCUT2D eigenvalue weighted by Crippen LogP contribution is 2.24. The number of aromatic amines is 1. The van der Waals surface area contributed by atoms with E-state index in [-0.39, 0.29) is 5.91 Å². The minimum atomic E-state index is -0.520. The number of carbonyl (C=O) groups excluding carboxylic acids is 1. The average Bonchev–Trinajstić information content (AvgIpc) is 3.03. The first-order valence-corrected chi connectivity index (χ1v) is 9.68. The van der Waals surface area contributed by atoms with Crippen molar-refractivity contribution in [1.82, 2.24) is 5.27 Å². The van der Waals surface area contributed by atoms with Crippen molar-refractivity contribution in [3.8, 4) is 5.69 Å². The van der Waals surface area contributed by atoms with Gasteiger partial charge in [0.25, 0.3) is 0 Å². The third kappa shape index (κ3) is 4.43. The monoisotopic (exact) mass is 404 g/mol. The lowest BCUT2D eigenvalue weighted by molar-refractivity contribution is -0.704. The Labute approximate surface area is 165 Å². The number of halogens is 1. The van der Waals surface area contributed by atoms with Gasteiger partial charge in [0, 0.05) is 22.8 Å². The number of anilines is 1. The van der Waals surface area contributed by atoms with E-state index >= 15 is 0 Å². The van der Waals surface area contributed by atoms with Crippen LogP contribution >= 0.6 is 23.4 Å². The maximum Gasteiger partial charge on any atom is 0.442 e. The lowest BCUT2D eigenvalue weighted by Gasteiger charge is -2.12. The van der Waals surface area contributed by atoms with E-state index in [0.29, 0.717) is 22.2 Å². The van der Waals surface area contributed by atoms with E-state index in [2.05, 4.69) is 10.6 Å². The molecule has 3 aromatic rings. The van der Waals surface area contributed by atoms with Crippen LogP contribution < -0.4 is 15.6 Å². The molecule has 0 bridgehead atoms. The molecule has 1 amide bonds. The zero-order chi connectivity index (χ0) is 19.4. The molecule has 0 spiro atoms. The van der Waals surface area contributed by atoms with Crippen molar-refractivity contribution in [2.45, 2.75) is 30.5 Å². The van der Waals surface area contributed by atoms with Gasteiger partial charge in [-0.25, -0.2) is 4.79 Å². The van der Waals surface area contributed by atoms with Crippen LogP contribution in [-0.2, 0) is 4.79 Å². The summed E-state index contributed by atoms with van der Waals surface area (Å²) in [4.78, 5) is 24.8. The van der Waals surface area contributed by atoms with E-state index in [1.54, 1.807) is 12.1 Å². The van der Waals surface area contributed by atoms with E-state index in [1.165, 1.54) is 4.68 Å². The van der Waals surface area contributed by atoms with Gasteiger partial charge in [-0.3, -0.25) is 9.32 Å². The molecule has 2 N–H and O–H groups in total. The molecule has 1 aromatic heterocycles. The van der Waals surface area contributed by atoms with E-state index in [4.69, 9.17) is 16.1 Å². The van der Waals surface area contributed by atoms with Crippen molar-refractivity contribution in [1.29, 1.82) is 0 Å². The fraction of sp³-hybridized carbons (Fsp3) is 0.211. The number of benzene rings is 2. The van der Waals surface area contributed by atoms with Crippen LogP contribution in [0.2, 0.25) is 5.02 Å². The first-order valence-electron chi connectivity index (χ1n) is 8.42. The predicted molar refractivity (Wildman–Crippen MR) is 106 cm³/mol. The van der Waals surface area contributed by atoms with Crippen LogP contribution in [0.1, 0.15) is 18.9 Å². The summed E-state index contributed by atoms with van der Waals surface area (Å²) < 4.78 is 6.47. The number of aromatic nitrogens is 2. The molecule has 1 atom stereocenters. The van der Waals surface area contributed by atoms with E-state index in [0.717, 1.165) is 23.0 Å². The number of nitrogens with one attached hydrogen (secondary N) is 2. The van der Waals surface area contributed by atoms with Crippen LogP contribution in [0.3, 0.4) is 0 Å². The van der Waals surface area contributed by atoms with Gasteiger partial charge in [0.05, 0.1) is 5.25 Å². The van der Waals surface area contributed by atoms with Crippen molar-refractivity contribution < 1.29 is 14.0 Å². The zero-order valence-electron chi connectivity index (χ0n) is 14.9. The Bertz CT molecular complexity index is 1000. The number of H-pyrrole nitrogens is 1. The molecule has 3 rings (SSSR count). The molecule has 2 aromatic carbocycles. The number of rotatable bonds is 6. The van der Waals surface area contributed by atoms with Crippen LogP contribution in [0.25, 0.3) is 5.69 Å². The van der Waals surface area contributed by atoms with Gasteiger partial charge in [-0.05, 0) is 52.8 Å². The normalized spacial score (nSPS) is 12.0. The second kappa shape index (κ2) is 8.45. The molecule has 0 aliphatic carbocycles. The van der Waals surface area contributed by atoms with Gasteiger partial charge in [0.2, 0.25) is 11.6 Å². The van der Waals surface area contributed by atoms with Crippen LogP contribution in [0, 0.1) is 6.92 Å². The van der Waals surface area contributed by atoms with Crippen LogP contribution in [-0.4, -0.2) is 16.4 Å². The molecule has 0 fully saturated rings. The second-order valence-electron chi connectivity index (χ2n) is 5.92. The fourth-order valence-corrected chi connectivity index (χ4v) is 3.63. The Morgan fingerprint density at radius 3 is 2.70 bits per heavy atom. The Kier molecular flexibility index (Phi) is 6.03. The Morgan fingerprint density at radius 1 is 1.30 bits per heavy atom. The largest absolute Gasteiger partial charge is 0.442 e. The lowest BCUT2D eigenvalue weighted by atomic mass is 10.2. The molecular formula is C19H19ClN3O3S+. The highest BCUT2D eigenvalue weighted by molar-refractivity contribution is 8.00. The quantitative estimate of drug-likeness (QED) is 0.484. The molecule has 1 unspecified atom stereocenters. The molecule has 0 aliphatic rings. The van der Waals surface area contributed by atoms with Crippen molar-refractivity contribution in [2.24, 2.45) is 0 Å². The van der Waals surface area contributed by atoms with Crippen LogP contribution in [0.15, 0.2) is 62.9 Å². The SMILES string of the molecule is CCC(Sc1c(=O)o[nH][n+]1-c1ccccc1)C(=O)Nc1ccc(C)c(Cl)c1. The maximum absolute atomic E-state index is 12.7. The van der Waals surface area contributed by atoms with Crippen molar-refractivity contribution in [3.05, 3.63) is 69.5 Å². The molecule has 1 heterocycles. The lowest BCUT2D eigenvalue weighted by Crippen LogP contribution is -2.37. The molecular weight excluding hydrogens is 386 g/mol. The van der Waals surface area contributed by atoms with Gasteiger partial charge in [-0.2, -0.15) is 0 Å². The molecule has 27 heavy (non-hydrogen) atoms. The van der Waals surface area contributed by atoms with E-state index in [9.17, 15) is 9.59 Å². The number of para-hydroxylation sites is 1. The molecule has 0 saturated carbocycles. The Hall–Kier alpha value is -2.51. The summed E-state index contributed by atoms with van der Waals surface area (Å²) in [6, 6.07) is 14.6. The minimum absolute atomic E-state index is 0.206. The van der Waals surface area contributed by atoms with Crippen molar-refractivity contribution in [3.63, 3.8) is 0 Å². The molecule has 0 aliphatic heterocycles. The molecule has 6 nitrogen and oxygen atoms in total. The van der Waals surface area contributed by atoms with Gasteiger partial charge < -0.3 is 5.32 Å². The summed E-state index contributed by atoms with van der Waals surface area (Å²) in [5, 5.41) is 5.86. The number of amides is 1. The van der Waals surface area contributed by atoms with Gasteiger partial charge in [-0.1, -0.05) is 42.8 Å². The summed E-state index contributed by atoms with van der Waals surface area (Å²) in [6.07, 6.45) is 0.537. The number of hydrogen-bond donors (Lipinski definition) is 2. The number of nitrogens with zero attached hydrogens (tertiary/aromatic N) is 1. The van der Waals surface area contributed by atoms with E-state index < -0.39 is 10.9 Å². The molecule has 8 heteroatoms. The van der Waals surface area contributed by atoms with Crippen molar-refractivity contribution >= 4 is 35.0 Å². The number of thioether (sulfide) groups is 1. The molecule has 140 valence electrons. The first-order chi connectivity index (χ1) is 13.0. The van der Waals surface area contributed by atoms with Gasteiger partial charge in [-0.15, -0.1) is 0 Å². The van der Waals surface area contributed by atoms with Crippen molar-refractivity contribution in [2.75, 3.05) is 5.32 Å². The Balaban J connectivity index is 1.81. The standard InChI is InChI=1S/C19H18ClN3O3S/c1-3-16(17(24)21-13-10-9-12(2)15(20)11-13)27-18-19(25)26-22-23(18)14-7-5-4-6-8-14/h4-11,16H,3H2,1-2H3,(H-,21,22,24,25)/p+1. The summed E-state index contributed by atoms with van der Waals surface area (Å²) in [6.45, 7) is 3.78. The summed E-state index contributed by atoms with van der Waals surface area (Å²) >= 11 is 7.28. The van der Waals surface area contributed by atoms with Gasteiger partial charge >= 0.3 is 10.7 Å². The first kappa shape index (κ1) is 19.3. The smallest absolute Gasteiger partial charge is 0.325 e. The third-order valence-electron chi connectivity index (χ3n) is 3.98. The highest BCUT2D eigenvalue weighted by Gasteiger charge is 2.30. The van der Waals surface area contributed by atoms with Crippen LogP contribution in [0.4, 0.5) is 5.69 Å². The fourth-order valence-electron chi connectivity index (χ4n) is 2.46. The van der Waals surface area contributed by atoms with Crippen LogP contribution in [0.5, 0.6) is 0 Å². The topological polar surface area (TPSA) is 79.0 Å². The predicted octanol–water partition coefficient (Wildman–Crippen LogP) is 3.72. The second-order valence-corrected chi connectivity index (χ2v) is 7.52. The molecule has 0 radical (unpaired) electrons. The minimum Gasteiger partial charge on any atom is -0.325 e. The zero-order valence-corrected chi connectivity index (χ0v) is 16.4. The van der Waals surface area contributed by atoms with E-state index in [1.807, 2.05) is 50.2 Å². The summed E-state index contributed by atoms with van der Waals surface area (Å²) in [5.41, 5.74) is 1.77. The number of hydrogen-bond acceptors (Lipinski definition) is 4. The van der Waals surface area contributed by atoms with Gasteiger partial charge in [0.1, 0.15) is 0 Å². The number of carbonyl (C=O) groups is 1. The molecule has 0 saturated heterocycles. The highest BCUT2D eigenvalue weighted by atomic mass is 35.5. The maximum atomic E-state index is 12.7. The van der Waals surface area contributed by atoms with Gasteiger partial charge in [0.15, 0.2) is 0 Å².